The van der Waals surface area contributed by atoms with Crippen molar-refractivity contribution in [3.63, 3.8) is 0 Å². The SMILES string of the molecule is CN(C)c1nc(OC2CC(F)C2)ccc1CN1CCc2c(NCC#N)nc(Cl)c(C#N)c2C1. The van der Waals surface area contributed by atoms with Gasteiger partial charge >= 0.3 is 0 Å². The lowest BCUT2D eigenvalue weighted by molar-refractivity contribution is 0.0378. The number of anilines is 2. The van der Waals surface area contributed by atoms with E-state index in [-0.39, 0.29) is 17.8 Å². The van der Waals surface area contributed by atoms with Gasteiger partial charge in [0.25, 0.3) is 0 Å². The highest BCUT2D eigenvalue weighted by atomic mass is 35.5. The Bertz CT molecular complexity index is 1120. The standard InChI is InChI=1S/C23H25ClFN7O/c1-31(2)23-14(3-4-20(29-23)33-16-9-15(25)10-16)12-32-8-5-17-19(13-32)18(11-27)21(24)30-22(17)28-7-6-26/h3-4,15-16H,5,7-10,12-13H2,1-2H3,(H,28,30). The number of alkyl halides is 1. The van der Waals surface area contributed by atoms with Gasteiger partial charge in [0.2, 0.25) is 5.88 Å². The molecular weight excluding hydrogens is 445 g/mol. The van der Waals surface area contributed by atoms with E-state index in [1.54, 1.807) is 0 Å². The molecule has 0 amide bonds. The summed E-state index contributed by atoms with van der Waals surface area (Å²) in [5, 5.41) is 21.7. The van der Waals surface area contributed by atoms with Crippen LogP contribution in [0.4, 0.5) is 16.0 Å². The molecule has 33 heavy (non-hydrogen) atoms. The molecule has 2 aromatic heterocycles. The average Bonchev–Trinajstić information content (AvgIpc) is 2.77. The number of ether oxygens (including phenoxy) is 1. The highest BCUT2D eigenvalue weighted by Crippen LogP contribution is 2.33. The van der Waals surface area contributed by atoms with E-state index in [2.05, 4.69) is 26.3 Å². The van der Waals surface area contributed by atoms with Crippen molar-refractivity contribution in [2.75, 3.05) is 37.4 Å². The van der Waals surface area contributed by atoms with Gasteiger partial charge in [0, 0.05) is 63.8 Å². The number of hydrogen-bond acceptors (Lipinski definition) is 8. The Morgan fingerprint density at radius 3 is 2.73 bits per heavy atom. The van der Waals surface area contributed by atoms with Gasteiger partial charge in [0.15, 0.2) is 0 Å². The molecular formula is C23H25ClFN7O. The topological polar surface area (TPSA) is 101 Å². The van der Waals surface area contributed by atoms with Crippen molar-refractivity contribution in [3.8, 4) is 18.0 Å². The van der Waals surface area contributed by atoms with Crippen molar-refractivity contribution in [3.05, 3.63) is 39.5 Å². The summed E-state index contributed by atoms with van der Waals surface area (Å²) in [6.45, 7) is 2.03. The second-order valence-corrected chi connectivity index (χ2v) is 8.86. The summed E-state index contributed by atoms with van der Waals surface area (Å²) >= 11 is 6.28. The summed E-state index contributed by atoms with van der Waals surface area (Å²) in [5.74, 6) is 1.86. The number of aromatic nitrogens is 2. The number of rotatable bonds is 7. The number of nitrogens with one attached hydrogen (secondary N) is 1. The highest BCUT2D eigenvalue weighted by molar-refractivity contribution is 6.30. The van der Waals surface area contributed by atoms with Gasteiger partial charge < -0.3 is 15.0 Å². The van der Waals surface area contributed by atoms with Gasteiger partial charge in [-0.15, -0.1) is 0 Å². The van der Waals surface area contributed by atoms with Crippen LogP contribution in [0.15, 0.2) is 12.1 Å². The predicted octanol–water partition coefficient (Wildman–Crippen LogP) is 3.44. The Morgan fingerprint density at radius 1 is 1.27 bits per heavy atom. The van der Waals surface area contributed by atoms with E-state index in [0.717, 1.165) is 29.1 Å². The Morgan fingerprint density at radius 2 is 2.06 bits per heavy atom. The normalized spacial score (nSPS) is 19.6. The third kappa shape index (κ3) is 4.95. The molecule has 1 aliphatic heterocycles. The van der Waals surface area contributed by atoms with Crippen LogP contribution < -0.4 is 15.0 Å². The van der Waals surface area contributed by atoms with Crippen LogP contribution in [0, 0.1) is 22.7 Å². The Hall–Kier alpha value is -3.14. The number of halogens is 2. The van der Waals surface area contributed by atoms with Crippen LogP contribution >= 0.6 is 11.6 Å². The zero-order valence-electron chi connectivity index (χ0n) is 18.6. The first-order valence-electron chi connectivity index (χ1n) is 10.8. The van der Waals surface area contributed by atoms with Gasteiger partial charge in [0.05, 0.1) is 11.6 Å². The largest absolute Gasteiger partial charge is 0.474 e. The fraction of sp³-hybridized carbons (Fsp3) is 0.478. The number of nitriles is 2. The van der Waals surface area contributed by atoms with E-state index in [4.69, 9.17) is 21.6 Å². The van der Waals surface area contributed by atoms with Gasteiger partial charge in [-0.05, 0) is 18.1 Å². The van der Waals surface area contributed by atoms with E-state index < -0.39 is 6.17 Å². The molecule has 2 aliphatic rings. The molecule has 10 heteroatoms. The molecule has 0 saturated heterocycles. The van der Waals surface area contributed by atoms with Crippen LogP contribution in [-0.2, 0) is 19.5 Å². The summed E-state index contributed by atoms with van der Waals surface area (Å²) in [4.78, 5) is 13.1. The van der Waals surface area contributed by atoms with E-state index in [9.17, 15) is 9.65 Å². The maximum atomic E-state index is 13.1. The zero-order chi connectivity index (χ0) is 23.5. The minimum atomic E-state index is -0.776. The second-order valence-electron chi connectivity index (χ2n) is 8.50. The lowest BCUT2D eigenvalue weighted by Gasteiger charge is -2.32. The summed E-state index contributed by atoms with van der Waals surface area (Å²) in [6.07, 6.45) is 0.621. The minimum Gasteiger partial charge on any atom is -0.474 e. The molecule has 1 N–H and O–H groups in total. The lowest BCUT2D eigenvalue weighted by Crippen LogP contribution is -2.35. The van der Waals surface area contributed by atoms with E-state index in [1.807, 2.05) is 37.2 Å². The first-order chi connectivity index (χ1) is 15.9. The third-order valence-electron chi connectivity index (χ3n) is 5.95. The quantitative estimate of drug-likeness (QED) is 0.486. The number of hydrogen-bond donors (Lipinski definition) is 1. The maximum absolute atomic E-state index is 13.1. The summed E-state index contributed by atoms with van der Waals surface area (Å²) in [7, 11) is 3.85. The number of fused-ring (bicyclic) bond motifs is 1. The highest BCUT2D eigenvalue weighted by Gasteiger charge is 2.31. The fourth-order valence-electron chi connectivity index (χ4n) is 4.22. The first kappa shape index (κ1) is 23.0. The summed E-state index contributed by atoms with van der Waals surface area (Å²) < 4.78 is 18.9. The van der Waals surface area contributed by atoms with Crippen LogP contribution in [0.2, 0.25) is 5.15 Å². The smallest absolute Gasteiger partial charge is 0.215 e. The van der Waals surface area contributed by atoms with Crippen molar-refractivity contribution < 1.29 is 9.13 Å². The maximum Gasteiger partial charge on any atom is 0.215 e. The molecule has 0 bridgehead atoms. The minimum absolute atomic E-state index is 0.112. The van der Waals surface area contributed by atoms with Crippen LogP contribution in [-0.4, -0.2) is 54.3 Å². The van der Waals surface area contributed by atoms with Gasteiger partial charge in [-0.1, -0.05) is 11.6 Å². The molecule has 1 fully saturated rings. The Kier molecular flexibility index (Phi) is 6.83. The predicted molar refractivity (Wildman–Crippen MR) is 123 cm³/mol. The van der Waals surface area contributed by atoms with Gasteiger partial charge in [-0.25, -0.2) is 9.37 Å². The molecule has 2 aromatic rings. The molecule has 0 atom stereocenters. The van der Waals surface area contributed by atoms with Crippen LogP contribution in [0.3, 0.4) is 0 Å². The van der Waals surface area contributed by atoms with Crippen molar-refractivity contribution in [2.24, 2.45) is 0 Å². The van der Waals surface area contributed by atoms with Crippen molar-refractivity contribution in [1.82, 2.24) is 14.9 Å². The van der Waals surface area contributed by atoms with E-state index in [0.29, 0.717) is 49.6 Å². The zero-order valence-corrected chi connectivity index (χ0v) is 19.4. The molecule has 3 heterocycles. The number of nitrogens with zero attached hydrogens (tertiary/aromatic N) is 6. The molecule has 0 spiro atoms. The average molecular weight is 470 g/mol. The fourth-order valence-corrected chi connectivity index (χ4v) is 4.46. The monoisotopic (exact) mass is 469 g/mol. The van der Waals surface area contributed by atoms with Crippen LogP contribution in [0.5, 0.6) is 5.88 Å². The Balaban J connectivity index is 1.55. The second kappa shape index (κ2) is 9.78. The van der Waals surface area contributed by atoms with Gasteiger partial charge in [-0.2, -0.15) is 15.5 Å². The molecule has 4 rings (SSSR count). The van der Waals surface area contributed by atoms with Gasteiger partial charge in [0.1, 0.15) is 41.7 Å². The van der Waals surface area contributed by atoms with Crippen LogP contribution in [0.1, 0.15) is 35.1 Å². The first-order valence-corrected chi connectivity index (χ1v) is 11.2. The van der Waals surface area contributed by atoms with Crippen molar-refractivity contribution >= 4 is 23.2 Å². The molecule has 172 valence electrons. The summed E-state index contributed by atoms with van der Waals surface area (Å²) in [5.41, 5.74) is 3.17. The lowest BCUT2D eigenvalue weighted by atomic mass is 9.94. The molecule has 8 nitrogen and oxygen atoms in total. The van der Waals surface area contributed by atoms with E-state index in [1.165, 1.54) is 0 Å². The third-order valence-corrected chi connectivity index (χ3v) is 6.22. The van der Waals surface area contributed by atoms with Crippen molar-refractivity contribution in [1.29, 1.82) is 10.5 Å². The Labute approximate surface area is 197 Å². The number of pyridine rings is 2. The molecule has 0 aromatic carbocycles. The van der Waals surface area contributed by atoms with Gasteiger partial charge in [-0.3, -0.25) is 4.90 Å². The summed E-state index contributed by atoms with van der Waals surface area (Å²) in [6, 6.07) is 8.05. The van der Waals surface area contributed by atoms with Crippen LogP contribution in [0.25, 0.3) is 0 Å². The molecule has 0 radical (unpaired) electrons. The molecule has 0 unspecified atom stereocenters. The van der Waals surface area contributed by atoms with E-state index >= 15 is 0 Å². The molecule has 1 saturated carbocycles. The molecule has 1 aliphatic carbocycles. The van der Waals surface area contributed by atoms with Crippen molar-refractivity contribution in [2.45, 2.75) is 44.6 Å².